The molecule has 3 rings (SSSR count). The molecule has 0 saturated carbocycles. The third kappa shape index (κ3) is 3.52. The zero-order valence-electron chi connectivity index (χ0n) is 11.5. The number of anilines is 1. The molecule has 0 aliphatic rings. The van der Waals surface area contributed by atoms with Crippen molar-refractivity contribution in [3.8, 4) is 0 Å². The van der Waals surface area contributed by atoms with Gasteiger partial charge in [0.25, 0.3) is 0 Å². The quantitative estimate of drug-likeness (QED) is 0.762. The molecule has 0 aliphatic heterocycles. The maximum Gasteiger partial charge on any atom is 0.169 e. The smallest absolute Gasteiger partial charge is 0.169 e. The Hall–Kier alpha value is -2.08. The molecule has 2 aromatic heterocycles. The number of aromatic nitrogens is 3. The Morgan fingerprint density at radius 2 is 2.05 bits per heavy atom. The van der Waals surface area contributed by atoms with Crippen LogP contribution in [-0.4, -0.2) is 14.8 Å². The minimum atomic E-state index is 0.109. The largest absolute Gasteiger partial charge is 0.452 e. The maximum atomic E-state index is 5.55. The summed E-state index contributed by atoms with van der Waals surface area (Å²) >= 11 is 3.32. The highest BCUT2D eigenvalue weighted by atomic mass is 79.9. The van der Waals surface area contributed by atoms with Gasteiger partial charge < -0.3 is 9.73 Å². The lowest BCUT2D eigenvalue weighted by atomic mass is 10.2. The summed E-state index contributed by atoms with van der Waals surface area (Å²) in [5.41, 5.74) is 2.23. The first kappa shape index (κ1) is 13.9. The highest BCUT2D eigenvalue weighted by Crippen LogP contribution is 2.23. The van der Waals surface area contributed by atoms with Gasteiger partial charge in [-0.15, -0.1) is 0 Å². The summed E-state index contributed by atoms with van der Waals surface area (Å²) in [7, 11) is 0. The van der Waals surface area contributed by atoms with E-state index in [0.29, 0.717) is 0 Å². The Balaban J connectivity index is 1.64. The molecule has 0 spiro atoms. The molecular formula is C15H15BrN4O. The van der Waals surface area contributed by atoms with Crippen LogP contribution in [0, 0.1) is 0 Å². The van der Waals surface area contributed by atoms with Crippen LogP contribution in [0.3, 0.4) is 0 Å². The van der Waals surface area contributed by atoms with Crippen LogP contribution >= 0.6 is 15.9 Å². The molecule has 1 unspecified atom stereocenters. The summed E-state index contributed by atoms with van der Waals surface area (Å²) in [6.07, 6.45) is 3.25. The molecule has 108 valence electrons. The van der Waals surface area contributed by atoms with Crippen LogP contribution in [0.25, 0.3) is 0 Å². The molecule has 1 aromatic carbocycles. The van der Waals surface area contributed by atoms with Crippen molar-refractivity contribution >= 4 is 21.6 Å². The van der Waals surface area contributed by atoms with Crippen LogP contribution in [0.1, 0.15) is 24.3 Å². The summed E-state index contributed by atoms with van der Waals surface area (Å²) in [6.45, 7) is 2.79. The summed E-state index contributed by atoms with van der Waals surface area (Å²) in [5, 5.41) is 7.51. The summed E-state index contributed by atoms with van der Waals surface area (Å²) < 4.78 is 8.09. The van der Waals surface area contributed by atoms with Gasteiger partial charge in [-0.25, -0.2) is 9.67 Å². The Kier molecular flexibility index (Phi) is 4.06. The standard InChI is InChI=1S/C15H15BrN4O/c1-11(14-6-7-15(16)21-14)19-13-4-2-12(3-5-13)8-20-10-17-9-18-20/h2-7,9-11,19H,8H2,1H3. The highest BCUT2D eigenvalue weighted by molar-refractivity contribution is 9.10. The van der Waals surface area contributed by atoms with E-state index in [2.05, 4.69) is 62.5 Å². The van der Waals surface area contributed by atoms with Crippen molar-refractivity contribution in [3.05, 3.63) is 65.0 Å². The zero-order valence-corrected chi connectivity index (χ0v) is 13.1. The number of hydrogen-bond acceptors (Lipinski definition) is 4. The number of benzene rings is 1. The van der Waals surface area contributed by atoms with E-state index in [1.807, 2.05) is 12.1 Å². The predicted molar refractivity (Wildman–Crippen MR) is 84.0 cm³/mol. The van der Waals surface area contributed by atoms with Crippen molar-refractivity contribution in [2.75, 3.05) is 5.32 Å². The first-order valence-electron chi connectivity index (χ1n) is 6.64. The summed E-state index contributed by atoms with van der Waals surface area (Å²) in [4.78, 5) is 3.94. The highest BCUT2D eigenvalue weighted by Gasteiger charge is 2.09. The number of nitrogens with one attached hydrogen (secondary N) is 1. The summed E-state index contributed by atoms with van der Waals surface area (Å²) in [6, 6.07) is 12.2. The zero-order chi connectivity index (χ0) is 14.7. The molecular weight excluding hydrogens is 332 g/mol. The maximum absolute atomic E-state index is 5.55. The van der Waals surface area contributed by atoms with Crippen LogP contribution in [0.2, 0.25) is 0 Å². The molecule has 1 N–H and O–H groups in total. The molecule has 0 saturated heterocycles. The fourth-order valence-electron chi connectivity index (χ4n) is 2.09. The monoisotopic (exact) mass is 346 g/mol. The van der Waals surface area contributed by atoms with Crippen molar-refractivity contribution in [1.82, 2.24) is 14.8 Å². The van der Waals surface area contributed by atoms with E-state index in [-0.39, 0.29) is 6.04 Å². The second kappa shape index (κ2) is 6.13. The minimum Gasteiger partial charge on any atom is -0.452 e. The molecule has 21 heavy (non-hydrogen) atoms. The van der Waals surface area contributed by atoms with Crippen LogP contribution in [0.5, 0.6) is 0 Å². The van der Waals surface area contributed by atoms with Crippen molar-refractivity contribution in [3.63, 3.8) is 0 Å². The Bertz CT molecular complexity index is 691. The lowest BCUT2D eigenvalue weighted by Crippen LogP contribution is -2.06. The van der Waals surface area contributed by atoms with E-state index in [1.165, 1.54) is 5.56 Å². The number of nitrogens with zero attached hydrogens (tertiary/aromatic N) is 3. The molecule has 0 bridgehead atoms. The van der Waals surface area contributed by atoms with E-state index >= 15 is 0 Å². The van der Waals surface area contributed by atoms with Crippen LogP contribution in [0.4, 0.5) is 5.69 Å². The predicted octanol–water partition coefficient (Wildman–Crippen LogP) is 3.86. The molecule has 0 amide bonds. The second-order valence-corrected chi connectivity index (χ2v) is 5.58. The minimum absolute atomic E-state index is 0.109. The van der Waals surface area contributed by atoms with Gasteiger partial charge in [-0.05, 0) is 52.7 Å². The molecule has 6 heteroatoms. The molecule has 1 atom stereocenters. The molecule has 0 fully saturated rings. The molecule has 0 radical (unpaired) electrons. The third-order valence-corrected chi connectivity index (χ3v) is 3.60. The Morgan fingerprint density at radius 3 is 2.67 bits per heavy atom. The Labute approximate surface area is 131 Å². The average Bonchev–Trinajstić information content (AvgIpc) is 3.12. The van der Waals surface area contributed by atoms with Crippen molar-refractivity contribution in [1.29, 1.82) is 0 Å². The van der Waals surface area contributed by atoms with Gasteiger partial charge >= 0.3 is 0 Å². The molecule has 3 aromatic rings. The molecule has 5 nitrogen and oxygen atoms in total. The van der Waals surface area contributed by atoms with Crippen LogP contribution in [-0.2, 0) is 6.54 Å². The van der Waals surface area contributed by atoms with Crippen LogP contribution < -0.4 is 5.32 Å². The van der Waals surface area contributed by atoms with Gasteiger partial charge in [0, 0.05) is 5.69 Å². The topological polar surface area (TPSA) is 55.9 Å². The fourth-order valence-corrected chi connectivity index (χ4v) is 2.41. The van der Waals surface area contributed by atoms with Gasteiger partial charge in [0.15, 0.2) is 4.67 Å². The van der Waals surface area contributed by atoms with Crippen molar-refractivity contribution < 1.29 is 4.42 Å². The van der Waals surface area contributed by atoms with Gasteiger partial charge in [0.05, 0.1) is 12.6 Å². The SMILES string of the molecule is CC(Nc1ccc(Cn2cncn2)cc1)c1ccc(Br)o1. The van der Waals surface area contributed by atoms with Gasteiger partial charge in [-0.1, -0.05) is 12.1 Å². The average molecular weight is 347 g/mol. The number of halogens is 1. The van der Waals surface area contributed by atoms with Gasteiger partial charge in [0.2, 0.25) is 0 Å². The fraction of sp³-hybridized carbons (Fsp3) is 0.200. The molecule has 2 heterocycles. The Morgan fingerprint density at radius 1 is 1.24 bits per heavy atom. The number of hydrogen-bond donors (Lipinski definition) is 1. The second-order valence-electron chi connectivity index (χ2n) is 4.80. The normalized spacial score (nSPS) is 12.3. The molecule has 0 aliphatic carbocycles. The van der Waals surface area contributed by atoms with E-state index < -0.39 is 0 Å². The van der Waals surface area contributed by atoms with E-state index in [1.54, 1.807) is 17.3 Å². The van der Waals surface area contributed by atoms with Gasteiger partial charge in [-0.2, -0.15) is 5.10 Å². The van der Waals surface area contributed by atoms with Crippen molar-refractivity contribution in [2.24, 2.45) is 0 Å². The van der Waals surface area contributed by atoms with E-state index in [9.17, 15) is 0 Å². The van der Waals surface area contributed by atoms with E-state index in [0.717, 1.165) is 22.7 Å². The van der Waals surface area contributed by atoms with Gasteiger partial charge in [-0.3, -0.25) is 0 Å². The number of furan rings is 1. The lowest BCUT2D eigenvalue weighted by Gasteiger charge is -2.13. The lowest BCUT2D eigenvalue weighted by molar-refractivity contribution is 0.471. The van der Waals surface area contributed by atoms with Crippen LogP contribution in [0.15, 0.2) is 58.1 Å². The summed E-state index contributed by atoms with van der Waals surface area (Å²) in [5.74, 6) is 0.897. The van der Waals surface area contributed by atoms with Gasteiger partial charge in [0.1, 0.15) is 18.4 Å². The third-order valence-electron chi connectivity index (χ3n) is 3.17. The van der Waals surface area contributed by atoms with Crippen molar-refractivity contribution in [2.45, 2.75) is 19.5 Å². The van der Waals surface area contributed by atoms with E-state index in [4.69, 9.17) is 4.42 Å². The number of rotatable bonds is 5. The first-order chi connectivity index (χ1) is 10.2. The first-order valence-corrected chi connectivity index (χ1v) is 7.43.